The molecule has 1 saturated heterocycles. The molecule has 1 N–H and O–H groups in total. The average molecular weight is 344 g/mol. The van der Waals surface area contributed by atoms with E-state index in [0.717, 1.165) is 24.8 Å². The summed E-state index contributed by atoms with van der Waals surface area (Å²) in [4.78, 5) is 25.1. The summed E-state index contributed by atoms with van der Waals surface area (Å²) in [5.41, 5.74) is 0.749. The first-order valence-corrected chi connectivity index (χ1v) is 8.18. The molecule has 1 aromatic carbocycles. The summed E-state index contributed by atoms with van der Waals surface area (Å²) in [6.45, 7) is 0.689. The Morgan fingerprint density at radius 2 is 2.05 bits per heavy atom. The molecule has 2 rings (SSSR count). The van der Waals surface area contributed by atoms with Gasteiger partial charge in [-0.2, -0.15) is 0 Å². The van der Waals surface area contributed by atoms with Crippen LogP contribution in [0, 0.1) is 0 Å². The van der Waals surface area contributed by atoms with Crippen molar-refractivity contribution in [2.75, 3.05) is 6.54 Å². The maximum Gasteiger partial charge on any atom is 0.303 e. The zero-order valence-corrected chi connectivity index (χ0v) is 13.7. The first-order chi connectivity index (χ1) is 10.5. The zero-order chi connectivity index (χ0) is 16.1. The van der Waals surface area contributed by atoms with Gasteiger partial charge in [-0.15, -0.1) is 0 Å². The largest absolute Gasteiger partial charge is 0.481 e. The molecule has 1 fully saturated rings. The topological polar surface area (TPSA) is 57.6 Å². The van der Waals surface area contributed by atoms with Crippen molar-refractivity contribution >= 4 is 35.1 Å². The maximum absolute atomic E-state index is 12.5. The number of carbonyl (C=O) groups excluding carboxylic acids is 1. The number of hydrogen-bond donors (Lipinski definition) is 1. The van der Waals surface area contributed by atoms with Crippen LogP contribution in [-0.2, 0) is 16.0 Å². The fourth-order valence-corrected chi connectivity index (χ4v) is 3.32. The summed E-state index contributed by atoms with van der Waals surface area (Å²) in [5, 5.41) is 9.86. The molecule has 6 heteroatoms. The van der Waals surface area contributed by atoms with E-state index in [2.05, 4.69) is 0 Å². The minimum atomic E-state index is -0.821. The van der Waals surface area contributed by atoms with Crippen LogP contribution in [0.25, 0.3) is 0 Å². The second kappa shape index (κ2) is 7.84. The molecule has 1 atom stereocenters. The van der Waals surface area contributed by atoms with Gasteiger partial charge in [0.1, 0.15) is 0 Å². The fourth-order valence-electron chi connectivity index (χ4n) is 2.85. The number of benzene rings is 1. The van der Waals surface area contributed by atoms with Gasteiger partial charge in [0.2, 0.25) is 5.91 Å². The molecule has 0 saturated carbocycles. The Morgan fingerprint density at radius 3 is 2.73 bits per heavy atom. The van der Waals surface area contributed by atoms with E-state index in [-0.39, 0.29) is 24.8 Å². The first-order valence-electron chi connectivity index (χ1n) is 7.42. The van der Waals surface area contributed by atoms with Crippen molar-refractivity contribution in [3.05, 3.63) is 33.8 Å². The van der Waals surface area contributed by atoms with Gasteiger partial charge < -0.3 is 10.0 Å². The lowest BCUT2D eigenvalue weighted by Crippen LogP contribution is -2.44. The van der Waals surface area contributed by atoms with Crippen LogP contribution in [0.3, 0.4) is 0 Å². The highest BCUT2D eigenvalue weighted by Crippen LogP contribution is 2.25. The lowest BCUT2D eigenvalue weighted by Gasteiger charge is -2.36. The van der Waals surface area contributed by atoms with Gasteiger partial charge in [-0.1, -0.05) is 29.3 Å². The summed E-state index contributed by atoms with van der Waals surface area (Å²) in [7, 11) is 0. The Labute approximate surface area is 140 Å². The molecule has 22 heavy (non-hydrogen) atoms. The number of hydrogen-bond acceptors (Lipinski definition) is 2. The number of likely N-dealkylation sites (tertiary alicyclic amines) is 1. The van der Waals surface area contributed by atoms with Gasteiger partial charge in [-0.05, 0) is 43.4 Å². The number of amides is 1. The van der Waals surface area contributed by atoms with Crippen molar-refractivity contribution in [2.24, 2.45) is 0 Å². The Morgan fingerprint density at radius 1 is 1.27 bits per heavy atom. The van der Waals surface area contributed by atoms with E-state index in [1.165, 1.54) is 0 Å². The minimum Gasteiger partial charge on any atom is -0.481 e. The van der Waals surface area contributed by atoms with Crippen LogP contribution in [0.5, 0.6) is 0 Å². The van der Waals surface area contributed by atoms with E-state index in [4.69, 9.17) is 28.3 Å². The minimum absolute atomic E-state index is 0.000638. The Hall–Kier alpha value is -1.26. The number of aliphatic carboxylic acids is 1. The number of carbonyl (C=O) groups is 2. The Balaban J connectivity index is 2.03. The maximum atomic E-state index is 12.5. The van der Waals surface area contributed by atoms with Crippen molar-refractivity contribution in [3.63, 3.8) is 0 Å². The predicted octanol–water partition coefficient (Wildman–Crippen LogP) is 3.78. The summed E-state index contributed by atoms with van der Waals surface area (Å²) in [6.07, 6.45) is 3.69. The molecule has 1 unspecified atom stereocenters. The summed E-state index contributed by atoms with van der Waals surface area (Å²) < 4.78 is 0. The molecule has 4 nitrogen and oxygen atoms in total. The molecular formula is C16H19Cl2NO3. The lowest BCUT2D eigenvalue weighted by atomic mass is 9.97. The number of carboxylic acid groups (broad SMARTS) is 1. The SMILES string of the molecule is O=C(O)CCC1CCCCN1C(=O)Cc1ccc(Cl)cc1Cl. The molecule has 120 valence electrons. The van der Waals surface area contributed by atoms with Gasteiger partial charge in [-0.25, -0.2) is 0 Å². The molecular weight excluding hydrogens is 325 g/mol. The third-order valence-electron chi connectivity index (χ3n) is 4.00. The van der Waals surface area contributed by atoms with E-state index >= 15 is 0 Å². The van der Waals surface area contributed by atoms with Crippen molar-refractivity contribution in [1.29, 1.82) is 0 Å². The van der Waals surface area contributed by atoms with Gasteiger partial charge >= 0.3 is 5.97 Å². The van der Waals surface area contributed by atoms with Crippen LogP contribution in [0.1, 0.15) is 37.7 Å². The number of halogens is 2. The van der Waals surface area contributed by atoms with Crippen LogP contribution in [-0.4, -0.2) is 34.5 Å². The van der Waals surface area contributed by atoms with Crippen molar-refractivity contribution in [1.82, 2.24) is 4.90 Å². The van der Waals surface area contributed by atoms with Crippen LogP contribution in [0.15, 0.2) is 18.2 Å². The fraction of sp³-hybridized carbons (Fsp3) is 0.500. The van der Waals surface area contributed by atoms with Crippen LogP contribution >= 0.6 is 23.2 Å². The smallest absolute Gasteiger partial charge is 0.303 e. The molecule has 0 spiro atoms. The monoisotopic (exact) mass is 343 g/mol. The predicted molar refractivity (Wildman–Crippen MR) is 86.4 cm³/mol. The molecule has 0 aliphatic carbocycles. The number of rotatable bonds is 5. The molecule has 1 heterocycles. The number of piperidine rings is 1. The average Bonchev–Trinajstić information content (AvgIpc) is 2.48. The van der Waals surface area contributed by atoms with Gasteiger partial charge in [-0.3, -0.25) is 9.59 Å². The number of carboxylic acids is 1. The summed E-state index contributed by atoms with van der Waals surface area (Å²) in [6, 6.07) is 5.12. The molecule has 1 aliphatic rings. The van der Waals surface area contributed by atoms with Crippen molar-refractivity contribution < 1.29 is 14.7 Å². The zero-order valence-electron chi connectivity index (χ0n) is 12.2. The van der Waals surface area contributed by atoms with Crippen LogP contribution in [0.4, 0.5) is 0 Å². The van der Waals surface area contributed by atoms with E-state index in [1.807, 2.05) is 4.90 Å². The Kier molecular flexibility index (Phi) is 6.09. The highest BCUT2D eigenvalue weighted by molar-refractivity contribution is 6.35. The highest BCUT2D eigenvalue weighted by atomic mass is 35.5. The van der Waals surface area contributed by atoms with Gasteiger partial charge in [0.05, 0.1) is 6.42 Å². The van der Waals surface area contributed by atoms with E-state index in [0.29, 0.717) is 23.0 Å². The van der Waals surface area contributed by atoms with E-state index < -0.39 is 5.97 Å². The van der Waals surface area contributed by atoms with E-state index in [9.17, 15) is 9.59 Å². The second-order valence-electron chi connectivity index (χ2n) is 5.58. The van der Waals surface area contributed by atoms with Crippen molar-refractivity contribution in [3.8, 4) is 0 Å². The molecule has 0 aromatic heterocycles. The molecule has 1 aromatic rings. The molecule has 1 aliphatic heterocycles. The van der Waals surface area contributed by atoms with Gasteiger partial charge in [0.15, 0.2) is 0 Å². The molecule has 0 bridgehead atoms. The third-order valence-corrected chi connectivity index (χ3v) is 4.58. The number of nitrogens with zero attached hydrogens (tertiary/aromatic N) is 1. The first kappa shape index (κ1) is 17.1. The van der Waals surface area contributed by atoms with Crippen LogP contribution in [0.2, 0.25) is 10.0 Å². The normalized spacial score (nSPS) is 18.3. The molecule has 0 radical (unpaired) electrons. The standard InChI is InChI=1S/C16H19Cl2NO3/c17-12-5-4-11(14(18)10-12)9-15(20)19-8-2-1-3-13(19)6-7-16(21)22/h4-5,10,13H,1-3,6-9H2,(H,21,22). The summed E-state index contributed by atoms with van der Waals surface area (Å²) in [5.74, 6) is -0.821. The molecule has 1 amide bonds. The van der Waals surface area contributed by atoms with E-state index in [1.54, 1.807) is 18.2 Å². The Bertz CT molecular complexity index is 562. The quantitative estimate of drug-likeness (QED) is 0.884. The highest BCUT2D eigenvalue weighted by Gasteiger charge is 2.27. The van der Waals surface area contributed by atoms with Crippen LogP contribution < -0.4 is 0 Å². The third kappa shape index (κ3) is 4.62. The van der Waals surface area contributed by atoms with Gasteiger partial charge in [0.25, 0.3) is 0 Å². The van der Waals surface area contributed by atoms with Crippen molar-refractivity contribution in [2.45, 2.75) is 44.6 Å². The second-order valence-corrected chi connectivity index (χ2v) is 6.43. The summed E-state index contributed by atoms with van der Waals surface area (Å²) >= 11 is 12.0. The lowest BCUT2D eigenvalue weighted by molar-refractivity contribution is -0.139. The van der Waals surface area contributed by atoms with Gasteiger partial charge in [0, 0.05) is 29.1 Å².